The molecule has 18 heavy (non-hydrogen) atoms. The van der Waals surface area contributed by atoms with E-state index in [1.807, 2.05) is 17.5 Å². The molecule has 5 heteroatoms. The quantitative estimate of drug-likeness (QED) is 0.906. The maximum atomic E-state index is 5.86. The van der Waals surface area contributed by atoms with Crippen LogP contribution in [0.2, 0.25) is 0 Å². The number of ether oxygens (including phenoxy) is 1. The van der Waals surface area contributed by atoms with Gasteiger partial charge in [0.15, 0.2) is 5.82 Å². The first-order valence-electron chi connectivity index (χ1n) is 6.28. The number of aromatic amines is 1. The second-order valence-corrected chi connectivity index (χ2v) is 5.90. The van der Waals surface area contributed by atoms with Crippen LogP contribution in [0.1, 0.15) is 32.5 Å². The van der Waals surface area contributed by atoms with E-state index in [1.165, 1.54) is 0 Å². The molecule has 3 rings (SSSR count). The number of nitrogens with zero attached hydrogens (tertiary/aromatic N) is 2. The van der Waals surface area contributed by atoms with Gasteiger partial charge in [0.05, 0.1) is 17.1 Å². The lowest BCUT2D eigenvalue weighted by molar-refractivity contribution is 0.0553. The SMILES string of the molecule is CC1OC(C)C(c2nc(-c3cccs3)n[nH]2)C1C. The largest absolute Gasteiger partial charge is 0.374 e. The first-order chi connectivity index (χ1) is 8.66. The lowest BCUT2D eigenvalue weighted by atomic mass is 9.89. The highest BCUT2D eigenvalue weighted by atomic mass is 32.1. The highest BCUT2D eigenvalue weighted by molar-refractivity contribution is 7.13. The Labute approximate surface area is 110 Å². The summed E-state index contributed by atoms with van der Waals surface area (Å²) in [5.41, 5.74) is 0. The van der Waals surface area contributed by atoms with Gasteiger partial charge in [-0.1, -0.05) is 13.0 Å². The van der Waals surface area contributed by atoms with Gasteiger partial charge in [0.25, 0.3) is 0 Å². The molecule has 0 saturated carbocycles. The standard InChI is InChI=1S/C13H17N3OS/c1-7-8(2)17-9(3)11(7)13-14-12(15-16-13)10-5-4-6-18-10/h4-9,11H,1-3H3,(H,14,15,16). The lowest BCUT2D eigenvalue weighted by Crippen LogP contribution is -2.16. The van der Waals surface area contributed by atoms with Gasteiger partial charge < -0.3 is 4.74 Å². The number of hydrogen-bond acceptors (Lipinski definition) is 4. The third-order valence-electron chi connectivity index (χ3n) is 3.80. The third kappa shape index (κ3) is 1.87. The Hall–Kier alpha value is -1.20. The predicted molar refractivity (Wildman–Crippen MR) is 71.6 cm³/mol. The smallest absolute Gasteiger partial charge is 0.191 e. The number of hydrogen-bond donors (Lipinski definition) is 1. The van der Waals surface area contributed by atoms with E-state index in [0.29, 0.717) is 11.8 Å². The van der Waals surface area contributed by atoms with Crippen LogP contribution in [0, 0.1) is 5.92 Å². The number of H-pyrrole nitrogens is 1. The minimum Gasteiger partial charge on any atom is -0.374 e. The molecule has 1 fully saturated rings. The zero-order valence-electron chi connectivity index (χ0n) is 10.8. The molecule has 0 aromatic carbocycles. The molecular weight excluding hydrogens is 246 g/mol. The Bertz CT molecular complexity index is 522. The van der Waals surface area contributed by atoms with Crippen LogP contribution in [-0.4, -0.2) is 27.4 Å². The molecule has 96 valence electrons. The van der Waals surface area contributed by atoms with Gasteiger partial charge in [-0.05, 0) is 31.2 Å². The first kappa shape index (κ1) is 11.9. The van der Waals surface area contributed by atoms with Crippen molar-refractivity contribution >= 4 is 11.3 Å². The van der Waals surface area contributed by atoms with Crippen molar-refractivity contribution in [3.8, 4) is 10.7 Å². The molecular formula is C13H17N3OS. The van der Waals surface area contributed by atoms with Crippen molar-refractivity contribution in [2.45, 2.75) is 38.9 Å². The van der Waals surface area contributed by atoms with Gasteiger partial charge in [0.1, 0.15) is 5.82 Å². The molecule has 4 unspecified atom stereocenters. The van der Waals surface area contributed by atoms with Gasteiger partial charge in [0.2, 0.25) is 0 Å². The highest BCUT2D eigenvalue weighted by Gasteiger charge is 2.39. The summed E-state index contributed by atoms with van der Waals surface area (Å²) in [6.45, 7) is 6.45. The molecule has 3 heterocycles. The van der Waals surface area contributed by atoms with E-state index in [9.17, 15) is 0 Å². The zero-order valence-corrected chi connectivity index (χ0v) is 11.6. The minimum absolute atomic E-state index is 0.194. The van der Waals surface area contributed by atoms with Crippen LogP contribution >= 0.6 is 11.3 Å². The first-order valence-corrected chi connectivity index (χ1v) is 7.16. The van der Waals surface area contributed by atoms with E-state index >= 15 is 0 Å². The maximum Gasteiger partial charge on any atom is 0.191 e. The van der Waals surface area contributed by atoms with Crippen LogP contribution in [-0.2, 0) is 4.74 Å². The van der Waals surface area contributed by atoms with Crippen molar-refractivity contribution in [2.75, 3.05) is 0 Å². The van der Waals surface area contributed by atoms with Gasteiger partial charge in [0, 0.05) is 5.92 Å². The Morgan fingerprint density at radius 1 is 1.28 bits per heavy atom. The molecule has 0 bridgehead atoms. The summed E-state index contributed by atoms with van der Waals surface area (Å²) in [7, 11) is 0. The van der Waals surface area contributed by atoms with Crippen LogP contribution in [0.3, 0.4) is 0 Å². The Kier molecular flexibility index (Phi) is 2.95. The van der Waals surface area contributed by atoms with Crippen LogP contribution in [0.4, 0.5) is 0 Å². The Morgan fingerprint density at radius 2 is 2.11 bits per heavy atom. The van der Waals surface area contributed by atoms with Crippen LogP contribution in [0.25, 0.3) is 10.7 Å². The average molecular weight is 263 g/mol. The molecule has 2 aromatic rings. The van der Waals surface area contributed by atoms with E-state index in [4.69, 9.17) is 4.74 Å². The molecule has 0 amide bonds. The summed E-state index contributed by atoms with van der Waals surface area (Å²) in [6.07, 6.45) is 0.472. The molecule has 1 aliphatic heterocycles. The van der Waals surface area contributed by atoms with Crippen molar-refractivity contribution in [1.82, 2.24) is 15.2 Å². The summed E-state index contributed by atoms with van der Waals surface area (Å²) in [5.74, 6) is 2.51. The molecule has 0 aliphatic carbocycles. The van der Waals surface area contributed by atoms with Crippen molar-refractivity contribution in [3.63, 3.8) is 0 Å². The summed E-state index contributed by atoms with van der Waals surface area (Å²) in [6, 6.07) is 4.06. The van der Waals surface area contributed by atoms with Crippen molar-refractivity contribution in [3.05, 3.63) is 23.3 Å². The maximum absolute atomic E-state index is 5.86. The fourth-order valence-electron chi connectivity index (χ4n) is 2.68. The number of nitrogens with one attached hydrogen (secondary N) is 1. The molecule has 4 nitrogen and oxygen atoms in total. The molecule has 1 aliphatic rings. The molecule has 2 aromatic heterocycles. The van der Waals surface area contributed by atoms with E-state index in [2.05, 4.69) is 36.0 Å². The van der Waals surface area contributed by atoms with Gasteiger partial charge in [-0.2, -0.15) is 5.10 Å². The third-order valence-corrected chi connectivity index (χ3v) is 4.67. The van der Waals surface area contributed by atoms with Gasteiger partial charge in [-0.3, -0.25) is 5.10 Å². The second-order valence-electron chi connectivity index (χ2n) is 4.95. The van der Waals surface area contributed by atoms with Gasteiger partial charge >= 0.3 is 0 Å². The number of thiophene rings is 1. The Morgan fingerprint density at radius 3 is 2.72 bits per heavy atom. The summed E-state index contributed by atoms with van der Waals surface area (Å²) in [4.78, 5) is 5.74. The molecule has 1 saturated heterocycles. The van der Waals surface area contributed by atoms with Crippen molar-refractivity contribution in [2.24, 2.45) is 5.92 Å². The van der Waals surface area contributed by atoms with Crippen LogP contribution in [0.15, 0.2) is 17.5 Å². The van der Waals surface area contributed by atoms with E-state index < -0.39 is 0 Å². The highest BCUT2D eigenvalue weighted by Crippen LogP contribution is 2.38. The van der Waals surface area contributed by atoms with Crippen molar-refractivity contribution < 1.29 is 4.74 Å². The lowest BCUT2D eigenvalue weighted by Gasteiger charge is -2.14. The fraction of sp³-hybridized carbons (Fsp3) is 0.538. The fourth-order valence-corrected chi connectivity index (χ4v) is 3.33. The van der Waals surface area contributed by atoms with E-state index in [-0.39, 0.29) is 12.2 Å². The van der Waals surface area contributed by atoms with E-state index in [1.54, 1.807) is 11.3 Å². The van der Waals surface area contributed by atoms with E-state index in [0.717, 1.165) is 16.5 Å². The second kappa shape index (κ2) is 4.48. The molecule has 1 N–H and O–H groups in total. The van der Waals surface area contributed by atoms with Crippen LogP contribution < -0.4 is 0 Å². The molecule has 4 atom stereocenters. The topological polar surface area (TPSA) is 50.8 Å². The normalized spacial score (nSPS) is 31.9. The molecule has 0 spiro atoms. The number of aromatic nitrogens is 3. The van der Waals surface area contributed by atoms with Gasteiger partial charge in [-0.15, -0.1) is 11.3 Å². The predicted octanol–water partition coefficient (Wildman–Crippen LogP) is 3.06. The monoisotopic (exact) mass is 263 g/mol. The summed E-state index contributed by atoms with van der Waals surface area (Å²) >= 11 is 1.66. The van der Waals surface area contributed by atoms with Crippen molar-refractivity contribution in [1.29, 1.82) is 0 Å². The van der Waals surface area contributed by atoms with Gasteiger partial charge in [-0.25, -0.2) is 4.98 Å². The minimum atomic E-state index is 0.194. The van der Waals surface area contributed by atoms with Crippen LogP contribution in [0.5, 0.6) is 0 Å². The summed E-state index contributed by atoms with van der Waals surface area (Å²) < 4.78 is 5.86. The average Bonchev–Trinajstić information content (AvgIpc) is 3.01. The number of rotatable bonds is 2. The molecule has 0 radical (unpaired) electrons. The Balaban J connectivity index is 1.90. The zero-order chi connectivity index (χ0) is 12.7. The summed E-state index contributed by atoms with van der Waals surface area (Å²) in [5, 5.41) is 9.44.